The van der Waals surface area contributed by atoms with Crippen molar-refractivity contribution in [2.75, 3.05) is 0 Å². The second-order valence-electron chi connectivity index (χ2n) is 18.3. The van der Waals surface area contributed by atoms with Gasteiger partial charge in [-0.3, -0.25) is 0 Å². The number of hydrogen-bond donors (Lipinski definition) is 0. The van der Waals surface area contributed by atoms with Gasteiger partial charge in [-0.25, -0.2) is 0 Å². The Morgan fingerprint density at radius 1 is 0.492 bits per heavy atom. The highest BCUT2D eigenvalue weighted by Gasteiger charge is 2.35. The third kappa shape index (κ3) is 8.44. The fourth-order valence-corrected chi connectivity index (χ4v) is 9.89. The fourth-order valence-electron chi connectivity index (χ4n) is 9.89. The summed E-state index contributed by atoms with van der Waals surface area (Å²) in [7, 11) is 0. The zero-order chi connectivity index (χ0) is 43.7. The van der Waals surface area contributed by atoms with E-state index in [1.807, 2.05) is 6.92 Å². The van der Waals surface area contributed by atoms with Crippen molar-refractivity contribution in [2.24, 2.45) is 0 Å². The van der Waals surface area contributed by atoms with Crippen LogP contribution in [0.3, 0.4) is 0 Å². The summed E-state index contributed by atoms with van der Waals surface area (Å²) >= 11 is 0. The summed E-state index contributed by atoms with van der Waals surface area (Å²) in [6.45, 7) is 17.4. The van der Waals surface area contributed by atoms with Crippen molar-refractivity contribution >= 4 is 11.1 Å². The molecule has 310 valence electrons. The molecule has 11 rings (SSSR count). The standard InChI is InChI=1S/C22H22.C21H20.C20H16/c1-15-9-11-18-19-12-10-17(16-7-5-4-6-8-16)14-21(19)22(2,3)20(18)13-15;1-4-5-9-20-16(3)13-19-11-10-18(14-21(19)20)17-8-6-7-15(2)12-17;1-14-5-4-7-15(11-14)16-9-10-18-12-17-6-2-3-8-19(17)20(18)13-16/h5,7-14H,4,6H2,1-3H3;4-12,14H,3,13H2,1-2H3;2-11,13H,12H2,1H3/b;5-4-,20-9+;. The minimum Gasteiger partial charge on any atom is -0.0949 e. The summed E-state index contributed by atoms with van der Waals surface area (Å²) in [5.41, 5.74) is 28.6. The minimum absolute atomic E-state index is 0.0889. The number of hydrogen-bond acceptors (Lipinski definition) is 0. The Kier molecular flexibility index (Phi) is 11.6. The Morgan fingerprint density at radius 2 is 1.08 bits per heavy atom. The summed E-state index contributed by atoms with van der Waals surface area (Å²) in [5.74, 6) is 0. The van der Waals surface area contributed by atoms with Crippen molar-refractivity contribution in [3.63, 3.8) is 0 Å². The maximum atomic E-state index is 4.22. The predicted octanol–water partition coefficient (Wildman–Crippen LogP) is 17.0. The first-order valence-corrected chi connectivity index (χ1v) is 22.7. The molecule has 0 heterocycles. The van der Waals surface area contributed by atoms with Crippen LogP contribution in [0.1, 0.15) is 89.2 Å². The third-order valence-corrected chi connectivity index (χ3v) is 13.3. The predicted molar refractivity (Wildman–Crippen MR) is 272 cm³/mol. The normalized spacial score (nSPS) is 15.4. The lowest BCUT2D eigenvalue weighted by atomic mass is 9.81. The lowest BCUT2D eigenvalue weighted by molar-refractivity contribution is 0.659. The summed E-state index contributed by atoms with van der Waals surface area (Å²) in [5, 5.41) is 0. The molecule has 0 atom stereocenters. The molecule has 0 N–H and O–H groups in total. The fraction of sp³-hybridized carbons (Fsp3) is 0.175. The first kappa shape index (κ1) is 41.6. The maximum Gasteiger partial charge on any atom is 0.0159 e. The molecule has 63 heavy (non-hydrogen) atoms. The van der Waals surface area contributed by atoms with Crippen LogP contribution in [0.4, 0.5) is 0 Å². The molecule has 0 aromatic heterocycles. The summed E-state index contributed by atoms with van der Waals surface area (Å²) in [6, 6.07) is 53.6. The molecule has 0 nitrogen and oxygen atoms in total. The number of fused-ring (bicyclic) bond motifs is 7. The van der Waals surface area contributed by atoms with Crippen molar-refractivity contribution in [1.29, 1.82) is 0 Å². The molecular formula is C63H58. The van der Waals surface area contributed by atoms with Gasteiger partial charge in [-0.15, -0.1) is 0 Å². The highest BCUT2D eigenvalue weighted by atomic mass is 14.4. The Labute approximate surface area is 376 Å². The molecule has 4 aliphatic carbocycles. The molecule has 0 unspecified atom stereocenters. The van der Waals surface area contributed by atoms with Crippen LogP contribution in [-0.4, -0.2) is 0 Å². The largest absolute Gasteiger partial charge is 0.0949 e. The van der Waals surface area contributed by atoms with E-state index in [1.165, 1.54) is 123 Å². The quantitative estimate of drug-likeness (QED) is 0.166. The number of aryl methyl sites for hydroxylation is 3. The van der Waals surface area contributed by atoms with Crippen molar-refractivity contribution in [3.05, 3.63) is 250 Å². The van der Waals surface area contributed by atoms with Crippen molar-refractivity contribution in [2.45, 2.75) is 72.6 Å². The average molecular weight is 815 g/mol. The van der Waals surface area contributed by atoms with Gasteiger partial charge < -0.3 is 0 Å². The smallest absolute Gasteiger partial charge is 0.0159 e. The molecule has 0 saturated carbocycles. The Morgan fingerprint density at radius 3 is 1.75 bits per heavy atom. The van der Waals surface area contributed by atoms with E-state index in [2.05, 4.69) is 223 Å². The zero-order valence-corrected chi connectivity index (χ0v) is 37.9. The van der Waals surface area contributed by atoms with Crippen LogP contribution in [0.2, 0.25) is 0 Å². The van der Waals surface area contributed by atoms with Gasteiger partial charge >= 0.3 is 0 Å². The minimum atomic E-state index is 0.0889. The van der Waals surface area contributed by atoms with E-state index in [4.69, 9.17) is 0 Å². The van der Waals surface area contributed by atoms with Gasteiger partial charge in [0.1, 0.15) is 0 Å². The number of rotatable bonds is 4. The molecule has 0 heteroatoms. The summed E-state index contributed by atoms with van der Waals surface area (Å²) in [4.78, 5) is 0. The van der Waals surface area contributed by atoms with Crippen LogP contribution in [0.25, 0.3) is 55.7 Å². The second kappa shape index (κ2) is 17.5. The van der Waals surface area contributed by atoms with Gasteiger partial charge in [0.05, 0.1) is 0 Å². The highest BCUT2D eigenvalue weighted by Crippen LogP contribution is 2.50. The van der Waals surface area contributed by atoms with E-state index >= 15 is 0 Å². The Bertz CT molecular complexity index is 3020. The molecule has 4 aliphatic rings. The lowest BCUT2D eigenvalue weighted by Crippen LogP contribution is -2.15. The van der Waals surface area contributed by atoms with Crippen LogP contribution in [-0.2, 0) is 18.3 Å². The van der Waals surface area contributed by atoms with Crippen LogP contribution in [0.5, 0.6) is 0 Å². The van der Waals surface area contributed by atoms with Gasteiger partial charge in [-0.05, 0) is 172 Å². The van der Waals surface area contributed by atoms with Crippen molar-refractivity contribution < 1.29 is 0 Å². The van der Waals surface area contributed by atoms with Crippen LogP contribution in [0.15, 0.2) is 194 Å². The average Bonchev–Trinajstić information content (AvgIpc) is 3.91. The summed E-state index contributed by atoms with van der Waals surface area (Å²) in [6.07, 6.45) is 17.6. The molecule has 0 amide bonds. The van der Waals surface area contributed by atoms with E-state index in [9.17, 15) is 0 Å². The first-order chi connectivity index (χ1) is 30.6. The third-order valence-electron chi connectivity index (χ3n) is 13.3. The topological polar surface area (TPSA) is 0 Å². The van der Waals surface area contributed by atoms with E-state index < -0.39 is 0 Å². The molecule has 0 saturated heterocycles. The van der Waals surface area contributed by atoms with E-state index in [-0.39, 0.29) is 5.41 Å². The van der Waals surface area contributed by atoms with Crippen LogP contribution >= 0.6 is 0 Å². The van der Waals surface area contributed by atoms with E-state index in [0.29, 0.717) is 0 Å². The van der Waals surface area contributed by atoms with Gasteiger partial charge in [-0.2, -0.15) is 0 Å². The zero-order valence-electron chi connectivity index (χ0n) is 37.9. The van der Waals surface area contributed by atoms with Gasteiger partial charge in [0.25, 0.3) is 0 Å². The van der Waals surface area contributed by atoms with Crippen LogP contribution < -0.4 is 0 Å². The van der Waals surface area contributed by atoms with E-state index in [0.717, 1.165) is 19.3 Å². The first-order valence-electron chi connectivity index (χ1n) is 22.7. The molecule has 0 aliphatic heterocycles. The molecule has 0 bridgehead atoms. The van der Waals surface area contributed by atoms with Crippen molar-refractivity contribution in [1.82, 2.24) is 0 Å². The highest BCUT2D eigenvalue weighted by molar-refractivity contribution is 5.89. The second-order valence-corrected chi connectivity index (χ2v) is 18.3. The Hall–Kier alpha value is -6.76. The van der Waals surface area contributed by atoms with Gasteiger partial charge in [0, 0.05) is 5.41 Å². The molecule has 0 fully saturated rings. The molecular weight excluding hydrogens is 757 g/mol. The molecule has 7 aromatic carbocycles. The lowest BCUT2D eigenvalue weighted by Gasteiger charge is -2.22. The molecule has 7 aromatic rings. The molecule has 0 spiro atoms. The Balaban J connectivity index is 0.000000120. The van der Waals surface area contributed by atoms with Crippen LogP contribution in [0, 0.1) is 20.8 Å². The van der Waals surface area contributed by atoms with Gasteiger partial charge in [0.15, 0.2) is 0 Å². The van der Waals surface area contributed by atoms with Crippen molar-refractivity contribution in [3.8, 4) is 44.5 Å². The maximum absolute atomic E-state index is 4.22. The van der Waals surface area contributed by atoms with E-state index in [1.54, 1.807) is 0 Å². The summed E-state index contributed by atoms with van der Waals surface area (Å²) < 4.78 is 0. The molecule has 0 radical (unpaired) electrons. The number of benzene rings is 7. The SMILES string of the molecule is C=C1Cc2ccc(-c3cccc(C)c3)cc2/C1=C/C=C\C.Cc1ccc2c(c1)C(C)(C)c1cc(C3=CCCC=C3)ccc1-2.Cc1cccc(-c2ccc3c(c2)-c2ccccc2C3)c1. The monoisotopic (exact) mass is 814 g/mol. The number of allylic oxidation sites excluding steroid dienone is 9. The van der Waals surface area contributed by atoms with Gasteiger partial charge in [0.2, 0.25) is 0 Å². The van der Waals surface area contributed by atoms with Gasteiger partial charge in [-0.1, -0.05) is 201 Å².